The van der Waals surface area contributed by atoms with Crippen LogP contribution in [0.15, 0.2) is 127 Å². The fourth-order valence-electron chi connectivity index (χ4n) is 8.08. The molecule has 1 aromatic heterocycles. The van der Waals surface area contributed by atoms with Gasteiger partial charge in [0.25, 0.3) is 0 Å². The molecule has 2 atom stereocenters. The van der Waals surface area contributed by atoms with Crippen LogP contribution in [-0.4, -0.2) is 27.1 Å². The van der Waals surface area contributed by atoms with E-state index in [0.29, 0.717) is 24.2 Å². The molecule has 9 aromatic rings. The Morgan fingerprint density at radius 3 is 1.22 bits per heavy atom. The smallest absolute Gasteiger partial charge is 0.307 e. The molecule has 0 spiro atoms. The minimum atomic E-state index is -0.891. The van der Waals surface area contributed by atoms with Crippen LogP contribution in [-0.2, 0) is 22.4 Å². The molecule has 258 valence electrons. The van der Waals surface area contributed by atoms with Crippen LogP contribution < -0.4 is 0 Å². The highest BCUT2D eigenvalue weighted by atomic mass is 16.4. The van der Waals surface area contributed by atoms with E-state index in [0.717, 1.165) is 32.7 Å². The molecule has 0 radical (unpaired) electrons. The molecule has 0 fully saturated rings. The number of pyridine rings is 1. The predicted octanol–water partition coefficient (Wildman–Crippen LogP) is 10.2. The second-order valence-electron chi connectivity index (χ2n) is 14.1. The minimum Gasteiger partial charge on any atom is -0.481 e. The number of aliphatic carboxylic acids is 2. The number of nitrogens with zero attached hydrogens (tertiary/aromatic N) is 1. The summed E-state index contributed by atoms with van der Waals surface area (Å²) in [6.07, 6.45) is 1.05. The van der Waals surface area contributed by atoms with Crippen molar-refractivity contribution in [1.82, 2.24) is 4.98 Å². The van der Waals surface area contributed by atoms with E-state index >= 15 is 0 Å². The second-order valence-corrected chi connectivity index (χ2v) is 14.1. The molecule has 0 amide bonds. The summed E-state index contributed by atoms with van der Waals surface area (Å²) in [6.45, 7) is 0. The van der Waals surface area contributed by atoms with Gasteiger partial charge in [0, 0.05) is 12.8 Å². The molecule has 8 aromatic carbocycles. The first kappa shape index (κ1) is 32.9. The Kier molecular flexibility index (Phi) is 8.26. The van der Waals surface area contributed by atoms with Crippen LogP contribution in [0, 0.1) is 35.5 Å². The van der Waals surface area contributed by atoms with E-state index in [9.17, 15) is 19.8 Å². The van der Waals surface area contributed by atoms with Gasteiger partial charge in [0.15, 0.2) is 0 Å². The molecule has 0 aliphatic carbocycles. The number of hydrogen-bond donors (Lipinski definition) is 2. The summed E-state index contributed by atoms with van der Waals surface area (Å²) in [5, 5.41) is 34.2. The van der Waals surface area contributed by atoms with Gasteiger partial charge in [-0.3, -0.25) is 9.59 Å². The highest BCUT2D eigenvalue weighted by Crippen LogP contribution is 2.38. The molecule has 0 aliphatic heterocycles. The van der Waals surface area contributed by atoms with Gasteiger partial charge >= 0.3 is 11.9 Å². The number of carboxylic acids is 2. The average Bonchev–Trinajstić information content (AvgIpc) is 3.19. The van der Waals surface area contributed by atoms with Crippen LogP contribution in [0.25, 0.3) is 64.6 Å². The highest BCUT2D eigenvalue weighted by Gasteiger charge is 2.21. The number of benzene rings is 8. The first-order chi connectivity index (χ1) is 26.4. The van der Waals surface area contributed by atoms with Crippen molar-refractivity contribution in [3.05, 3.63) is 150 Å². The third kappa shape index (κ3) is 5.97. The van der Waals surface area contributed by atoms with Crippen LogP contribution in [0.2, 0.25) is 0 Å². The van der Waals surface area contributed by atoms with E-state index in [1.54, 1.807) is 18.2 Å². The Labute approximate surface area is 311 Å². The maximum Gasteiger partial charge on any atom is 0.307 e. The fraction of sp³-hybridized carbons (Fsp3) is 0.122. The monoisotopic (exact) mass is 699 g/mol. The molecule has 9 rings (SSSR count). The lowest BCUT2D eigenvalue weighted by atomic mass is 9.88. The Morgan fingerprint density at radius 2 is 0.815 bits per heavy atom. The van der Waals surface area contributed by atoms with Crippen LogP contribution >= 0.6 is 0 Å². The fourth-order valence-corrected chi connectivity index (χ4v) is 8.08. The quantitative estimate of drug-likeness (QED) is 0.122. The van der Waals surface area contributed by atoms with Crippen molar-refractivity contribution < 1.29 is 19.8 Å². The van der Waals surface area contributed by atoms with Crippen molar-refractivity contribution >= 4 is 76.6 Å². The normalized spacial score (nSPS) is 12.6. The van der Waals surface area contributed by atoms with E-state index in [4.69, 9.17) is 0 Å². The molecule has 5 nitrogen and oxygen atoms in total. The van der Waals surface area contributed by atoms with Crippen molar-refractivity contribution in [3.63, 3.8) is 0 Å². The van der Waals surface area contributed by atoms with E-state index in [2.05, 4.69) is 126 Å². The van der Waals surface area contributed by atoms with E-state index < -0.39 is 23.8 Å². The maximum absolute atomic E-state index is 12.4. The summed E-state index contributed by atoms with van der Waals surface area (Å²) in [6, 6.07) is 43.1. The van der Waals surface area contributed by atoms with Crippen molar-refractivity contribution in [2.75, 3.05) is 0 Å². The van der Waals surface area contributed by atoms with E-state index in [1.807, 2.05) is 12.1 Å². The molecular formula is C49H33NO4. The highest BCUT2D eigenvalue weighted by molar-refractivity contribution is 6.24. The molecule has 1 heterocycles. The number of carboxylic acid groups (broad SMARTS) is 2. The molecule has 2 N–H and O–H groups in total. The molecule has 0 saturated carbocycles. The zero-order chi connectivity index (χ0) is 36.8. The number of carbonyl (C=O) groups is 2. The Bertz CT molecular complexity index is 2810. The molecule has 5 heteroatoms. The summed E-state index contributed by atoms with van der Waals surface area (Å²) in [4.78, 5) is 29.4. The van der Waals surface area contributed by atoms with Gasteiger partial charge in [-0.05, 0) is 113 Å². The summed E-state index contributed by atoms with van der Waals surface area (Å²) in [5.74, 6) is 9.02. The minimum absolute atomic E-state index is 0.165. The van der Waals surface area contributed by atoms with Gasteiger partial charge in [-0.25, -0.2) is 4.98 Å². The topological polar surface area (TPSA) is 87.5 Å². The van der Waals surface area contributed by atoms with Crippen molar-refractivity contribution in [2.45, 2.75) is 25.7 Å². The average molecular weight is 700 g/mol. The second kappa shape index (κ2) is 13.6. The molecule has 0 aliphatic rings. The van der Waals surface area contributed by atoms with Gasteiger partial charge in [0.2, 0.25) is 0 Å². The van der Waals surface area contributed by atoms with Crippen LogP contribution in [0.4, 0.5) is 0 Å². The van der Waals surface area contributed by atoms with Crippen LogP contribution in [0.5, 0.6) is 0 Å². The first-order valence-corrected chi connectivity index (χ1v) is 18.1. The lowest BCUT2D eigenvalue weighted by Crippen LogP contribution is -2.16. The largest absolute Gasteiger partial charge is 0.481 e. The zero-order valence-electron chi connectivity index (χ0n) is 29.3. The van der Waals surface area contributed by atoms with Crippen molar-refractivity contribution in [3.8, 4) is 23.7 Å². The standard InChI is InChI=1S/C49H33NO4/c51-48(52)38(28-36-22-20-34-18-16-30-6-1-8-32-24-26-42(36)46(34)44(30)32)10-3-12-40-14-5-15-41(50-40)13-4-11-39(49(53)54)29-37-23-21-35-19-17-31-7-2-9-33-25-27-43(37)47(35)45(31)33/h1-2,5-9,14-27,38-39H,10-11,28-29H2,(H,51,52)(H,53,54)/t38-,39-/m0/s1. The first-order valence-electron chi connectivity index (χ1n) is 18.1. The van der Waals surface area contributed by atoms with Crippen molar-refractivity contribution in [2.24, 2.45) is 11.8 Å². The Balaban J connectivity index is 0.908. The molecule has 0 unspecified atom stereocenters. The third-order valence-corrected chi connectivity index (χ3v) is 10.7. The number of rotatable bonds is 8. The summed E-state index contributed by atoms with van der Waals surface area (Å²) < 4.78 is 0. The summed E-state index contributed by atoms with van der Waals surface area (Å²) in [5.41, 5.74) is 2.95. The van der Waals surface area contributed by atoms with Gasteiger partial charge in [0.1, 0.15) is 11.4 Å². The molecule has 54 heavy (non-hydrogen) atoms. The predicted molar refractivity (Wildman–Crippen MR) is 217 cm³/mol. The van der Waals surface area contributed by atoms with Crippen LogP contribution in [0.1, 0.15) is 35.4 Å². The molecular weight excluding hydrogens is 667 g/mol. The van der Waals surface area contributed by atoms with E-state index in [-0.39, 0.29) is 12.8 Å². The SMILES string of the molecule is O=C(O)[C@@H](CC#Cc1cccc(C#CC[C@@H](Cc2ccc3ccc4cccc5ccc2c3c45)C(=O)O)n1)Cc1ccc2ccc3cccc4ccc1c2c34. The third-order valence-electron chi connectivity index (χ3n) is 10.7. The van der Waals surface area contributed by atoms with E-state index in [1.165, 1.54) is 43.1 Å². The zero-order valence-corrected chi connectivity index (χ0v) is 29.3. The van der Waals surface area contributed by atoms with Crippen LogP contribution in [0.3, 0.4) is 0 Å². The Hall–Kier alpha value is -6.95. The maximum atomic E-state index is 12.4. The summed E-state index contributed by atoms with van der Waals surface area (Å²) in [7, 11) is 0. The summed E-state index contributed by atoms with van der Waals surface area (Å²) >= 11 is 0. The van der Waals surface area contributed by atoms with Gasteiger partial charge in [-0.2, -0.15) is 0 Å². The molecule has 0 saturated heterocycles. The lowest BCUT2D eigenvalue weighted by Gasteiger charge is -2.16. The number of hydrogen-bond acceptors (Lipinski definition) is 3. The van der Waals surface area contributed by atoms with Crippen molar-refractivity contribution in [1.29, 1.82) is 0 Å². The number of aromatic nitrogens is 1. The van der Waals surface area contributed by atoms with Gasteiger partial charge in [-0.15, -0.1) is 0 Å². The lowest BCUT2D eigenvalue weighted by molar-refractivity contribution is -0.142. The van der Waals surface area contributed by atoms with Gasteiger partial charge < -0.3 is 10.2 Å². The van der Waals surface area contributed by atoms with Gasteiger partial charge in [0.05, 0.1) is 11.8 Å². The van der Waals surface area contributed by atoms with Gasteiger partial charge in [-0.1, -0.05) is 127 Å². The molecule has 0 bridgehead atoms. The Morgan fingerprint density at radius 1 is 0.463 bits per heavy atom.